The standard InChI is InChI=1S/C12H10BrFN2OS/c1-6-9(15)5-11(18-6)12(17)16-10-4-7(13)2-3-8(10)14/h2-5H,15H2,1H3,(H,16,17). The van der Waals surface area contributed by atoms with Crippen LogP contribution in [0.1, 0.15) is 14.5 Å². The number of amides is 1. The van der Waals surface area contributed by atoms with Gasteiger partial charge in [0.25, 0.3) is 5.91 Å². The molecule has 0 fully saturated rings. The van der Waals surface area contributed by atoms with Gasteiger partial charge in [0.1, 0.15) is 5.82 Å². The van der Waals surface area contributed by atoms with Gasteiger partial charge in [0.05, 0.1) is 10.6 Å². The van der Waals surface area contributed by atoms with Crippen molar-refractivity contribution in [1.82, 2.24) is 0 Å². The molecule has 3 N–H and O–H groups in total. The summed E-state index contributed by atoms with van der Waals surface area (Å²) < 4.78 is 14.2. The summed E-state index contributed by atoms with van der Waals surface area (Å²) in [4.78, 5) is 13.2. The van der Waals surface area contributed by atoms with Gasteiger partial charge in [-0.25, -0.2) is 4.39 Å². The number of nitrogen functional groups attached to an aromatic ring is 1. The Kier molecular flexibility index (Phi) is 3.68. The summed E-state index contributed by atoms with van der Waals surface area (Å²) in [5, 5.41) is 2.52. The third-order valence-corrected chi connectivity index (χ3v) is 3.91. The molecule has 2 aromatic rings. The number of anilines is 2. The fourth-order valence-electron chi connectivity index (χ4n) is 1.39. The zero-order valence-corrected chi connectivity index (χ0v) is 11.9. The van der Waals surface area contributed by atoms with Crippen LogP contribution in [0.15, 0.2) is 28.7 Å². The molecule has 0 bridgehead atoms. The van der Waals surface area contributed by atoms with Gasteiger partial charge in [-0.2, -0.15) is 0 Å². The number of aryl methyl sites for hydroxylation is 1. The monoisotopic (exact) mass is 328 g/mol. The number of hydrogen-bond acceptors (Lipinski definition) is 3. The van der Waals surface area contributed by atoms with Crippen LogP contribution in [0.2, 0.25) is 0 Å². The molecule has 1 aromatic heterocycles. The Morgan fingerprint density at radius 3 is 2.78 bits per heavy atom. The van der Waals surface area contributed by atoms with E-state index in [1.54, 1.807) is 12.1 Å². The molecular formula is C12H10BrFN2OS. The van der Waals surface area contributed by atoms with Gasteiger partial charge >= 0.3 is 0 Å². The van der Waals surface area contributed by atoms with Crippen LogP contribution in [0.25, 0.3) is 0 Å². The van der Waals surface area contributed by atoms with Crippen molar-refractivity contribution < 1.29 is 9.18 Å². The zero-order chi connectivity index (χ0) is 13.3. The van der Waals surface area contributed by atoms with Gasteiger partial charge in [-0.3, -0.25) is 4.79 Å². The summed E-state index contributed by atoms with van der Waals surface area (Å²) in [6, 6.07) is 5.95. The molecule has 6 heteroatoms. The summed E-state index contributed by atoms with van der Waals surface area (Å²) in [5.41, 5.74) is 6.38. The molecule has 0 saturated carbocycles. The lowest BCUT2D eigenvalue weighted by Gasteiger charge is -2.05. The number of benzene rings is 1. The highest BCUT2D eigenvalue weighted by molar-refractivity contribution is 9.10. The quantitative estimate of drug-likeness (QED) is 0.881. The molecule has 0 spiro atoms. The molecule has 18 heavy (non-hydrogen) atoms. The molecule has 94 valence electrons. The highest BCUT2D eigenvalue weighted by Crippen LogP contribution is 2.25. The van der Waals surface area contributed by atoms with E-state index in [2.05, 4.69) is 21.2 Å². The zero-order valence-electron chi connectivity index (χ0n) is 9.46. The van der Waals surface area contributed by atoms with Crippen molar-refractivity contribution in [2.45, 2.75) is 6.92 Å². The predicted octanol–water partition coefficient (Wildman–Crippen LogP) is 3.79. The maximum absolute atomic E-state index is 13.5. The summed E-state index contributed by atoms with van der Waals surface area (Å²) >= 11 is 4.50. The molecule has 1 amide bonds. The number of hydrogen-bond donors (Lipinski definition) is 2. The molecule has 1 aromatic carbocycles. The second kappa shape index (κ2) is 5.07. The van der Waals surface area contributed by atoms with Crippen LogP contribution in [0, 0.1) is 12.7 Å². The number of rotatable bonds is 2. The maximum Gasteiger partial charge on any atom is 0.265 e. The summed E-state index contributed by atoms with van der Waals surface area (Å²) in [5.74, 6) is -0.843. The topological polar surface area (TPSA) is 55.1 Å². The normalized spacial score (nSPS) is 10.4. The smallest absolute Gasteiger partial charge is 0.265 e. The molecular weight excluding hydrogens is 319 g/mol. The highest BCUT2D eigenvalue weighted by Gasteiger charge is 2.13. The number of halogens is 2. The minimum Gasteiger partial charge on any atom is -0.398 e. The average Bonchev–Trinajstić information content (AvgIpc) is 2.64. The second-order valence-electron chi connectivity index (χ2n) is 3.70. The molecule has 0 unspecified atom stereocenters. The van der Waals surface area contributed by atoms with E-state index in [4.69, 9.17) is 5.73 Å². The third-order valence-electron chi connectivity index (χ3n) is 2.36. The molecule has 0 aliphatic rings. The first-order valence-corrected chi connectivity index (χ1v) is 6.70. The van der Waals surface area contributed by atoms with E-state index >= 15 is 0 Å². The van der Waals surface area contributed by atoms with Crippen LogP contribution in [-0.4, -0.2) is 5.91 Å². The van der Waals surface area contributed by atoms with Crippen molar-refractivity contribution in [3.05, 3.63) is 44.3 Å². The van der Waals surface area contributed by atoms with Gasteiger partial charge in [-0.05, 0) is 31.2 Å². The molecule has 2 rings (SSSR count). The van der Waals surface area contributed by atoms with Gasteiger partial charge in [0.15, 0.2) is 0 Å². The lowest BCUT2D eigenvalue weighted by molar-refractivity contribution is 0.103. The maximum atomic E-state index is 13.5. The SMILES string of the molecule is Cc1sc(C(=O)Nc2cc(Br)ccc2F)cc1N. The highest BCUT2D eigenvalue weighted by atomic mass is 79.9. The van der Waals surface area contributed by atoms with Crippen molar-refractivity contribution in [3.63, 3.8) is 0 Å². The van der Waals surface area contributed by atoms with Gasteiger partial charge < -0.3 is 11.1 Å². The Bertz CT molecular complexity index is 593. The van der Waals surface area contributed by atoms with Crippen molar-refractivity contribution in [1.29, 1.82) is 0 Å². The van der Waals surface area contributed by atoms with Gasteiger partial charge in [0.2, 0.25) is 0 Å². The summed E-state index contributed by atoms with van der Waals surface area (Å²) in [6.45, 7) is 1.83. The number of carbonyl (C=O) groups is 1. The molecule has 0 saturated heterocycles. The minimum absolute atomic E-state index is 0.138. The number of thiophene rings is 1. The molecule has 3 nitrogen and oxygen atoms in total. The Balaban J connectivity index is 2.23. The largest absolute Gasteiger partial charge is 0.398 e. The third kappa shape index (κ3) is 2.70. The Morgan fingerprint density at radius 1 is 1.44 bits per heavy atom. The number of nitrogens with two attached hydrogens (primary N) is 1. The fourth-order valence-corrected chi connectivity index (χ4v) is 2.58. The fraction of sp³-hybridized carbons (Fsp3) is 0.0833. The summed E-state index contributed by atoms with van der Waals surface area (Å²) in [6.07, 6.45) is 0. The van der Waals surface area contributed by atoms with Crippen LogP contribution in [0.3, 0.4) is 0 Å². The van der Waals surface area contributed by atoms with E-state index in [1.807, 2.05) is 6.92 Å². The van der Waals surface area contributed by atoms with Gasteiger partial charge in [-0.15, -0.1) is 11.3 Å². The molecule has 1 heterocycles. The number of nitrogens with one attached hydrogen (secondary N) is 1. The average molecular weight is 329 g/mol. The molecule has 0 aliphatic heterocycles. The van der Waals surface area contributed by atoms with Crippen LogP contribution < -0.4 is 11.1 Å². The number of carbonyl (C=O) groups excluding carboxylic acids is 1. The van der Waals surface area contributed by atoms with Gasteiger partial charge in [-0.1, -0.05) is 15.9 Å². The van der Waals surface area contributed by atoms with Crippen LogP contribution in [0.5, 0.6) is 0 Å². The van der Waals surface area contributed by atoms with Crippen LogP contribution >= 0.6 is 27.3 Å². The van der Waals surface area contributed by atoms with E-state index in [0.717, 1.165) is 4.88 Å². The molecule has 0 atom stereocenters. The molecule has 0 aliphatic carbocycles. The van der Waals surface area contributed by atoms with E-state index in [9.17, 15) is 9.18 Å². The Morgan fingerprint density at radius 2 is 2.17 bits per heavy atom. The van der Waals surface area contributed by atoms with Crippen molar-refractivity contribution in [2.24, 2.45) is 0 Å². The Hall–Kier alpha value is -1.40. The minimum atomic E-state index is -0.479. The second-order valence-corrected chi connectivity index (χ2v) is 5.87. The van der Waals surface area contributed by atoms with Crippen LogP contribution in [-0.2, 0) is 0 Å². The van der Waals surface area contributed by atoms with Gasteiger partial charge in [0, 0.05) is 15.0 Å². The Labute approximate surface area is 116 Å². The van der Waals surface area contributed by atoms with E-state index in [1.165, 1.54) is 23.5 Å². The van der Waals surface area contributed by atoms with Crippen molar-refractivity contribution >= 4 is 44.5 Å². The van der Waals surface area contributed by atoms with E-state index in [-0.39, 0.29) is 11.6 Å². The van der Waals surface area contributed by atoms with E-state index < -0.39 is 5.82 Å². The van der Waals surface area contributed by atoms with E-state index in [0.29, 0.717) is 15.0 Å². The summed E-state index contributed by atoms with van der Waals surface area (Å²) in [7, 11) is 0. The predicted molar refractivity (Wildman–Crippen MR) is 75.5 cm³/mol. The first kappa shape index (κ1) is 13.0. The first-order valence-electron chi connectivity index (χ1n) is 5.09. The first-order chi connectivity index (χ1) is 8.47. The van der Waals surface area contributed by atoms with Crippen LogP contribution in [0.4, 0.5) is 15.8 Å². The van der Waals surface area contributed by atoms with Crippen molar-refractivity contribution in [2.75, 3.05) is 11.1 Å². The molecule has 0 radical (unpaired) electrons. The lowest BCUT2D eigenvalue weighted by atomic mass is 10.3. The lowest BCUT2D eigenvalue weighted by Crippen LogP contribution is -2.11. The van der Waals surface area contributed by atoms with Crippen molar-refractivity contribution in [3.8, 4) is 0 Å².